The van der Waals surface area contributed by atoms with Crippen molar-refractivity contribution in [2.24, 2.45) is 5.92 Å². The van der Waals surface area contributed by atoms with Gasteiger partial charge in [0.15, 0.2) is 11.5 Å². The van der Waals surface area contributed by atoms with Gasteiger partial charge in [0.05, 0.1) is 32.3 Å². The molecule has 0 saturated carbocycles. The molecule has 0 radical (unpaired) electrons. The van der Waals surface area contributed by atoms with E-state index in [4.69, 9.17) is 14.2 Å². The highest BCUT2D eigenvalue weighted by Crippen LogP contribution is 2.36. The van der Waals surface area contributed by atoms with Gasteiger partial charge >= 0.3 is 0 Å². The van der Waals surface area contributed by atoms with Gasteiger partial charge in [0, 0.05) is 31.6 Å². The van der Waals surface area contributed by atoms with Crippen LogP contribution in [0, 0.1) is 5.92 Å². The Morgan fingerprint density at radius 2 is 1.53 bits per heavy atom. The lowest BCUT2D eigenvalue weighted by Gasteiger charge is -2.34. The third-order valence-electron chi connectivity index (χ3n) is 6.83. The normalized spacial score (nSPS) is 19.7. The average Bonchev–Trinajstić information content (AvgIpc) is 3.38. The third-order valence-corrected chi connectivity index (χ3v) is 8.73. The summed E-state index contributed by atoms with van der Waals surface area (Å²) in [5, 5.41) is 0. The number of piperidine rings is 1. The van der Waals surface area contributed by atoms with Crippen LogP contribution >= 0.6 is 0 Å². The van der Waals surface area contributed by atoms with Crippen LogP contribution in [0.15, 0.2) is 47.4 Å². The molecule has 1 atom stereocenters. The minimum atomic E-state index is -3.69. The zero-order valence-corrected chi connectivity index (χ0v) is 20.7. The highest BCUT2D eigenvalue weighted by Gasteiger charge is 2.37. The monoisotopic (exact) mass is 488 g/mol. The molecule has 2 aliphatic rings. The Bertz CT molecular complexity index is 1110. The standard InChI is InChI=1S/C25H32N2O6S/c1-31-20-8-6-18(7-9-20)22-5-4-14-27(22)25(28)19-12-15-26(16-13-19)34(29,30)21-10-11-23(32-2)24(17-21)33-3/h6-11,17,19,22H,4-5,12-16H2,1-3H3/t22-/m0/s1. The number of methoxy groups -OCH3 is 3. The first-order valence-electron chi connectivity index (χ1n) is 11.6. The number of benzene rings is 2. The number of nitrogens with zero attached hydrogens (tertiary/aromatic N) is 2. The maximum atomic E-state index is 13.4. The second-order valence-electron chi connectivity index (χ2n) is 8.66. The van der Waals surface area contributed by atoms with Crippen molar-refractivity contribution < 1.29 is 27.4 Å². The molecule has 2 aromatic rings. The first-order valence-corrected chi connectivity index (χ1v) is 13.0. The van der Waals surface area contributed by atoms with Crippen LogP contribution in [0.3, 0.4) is 0 Å². The van der Waals surface area contributed by atoms with Gasteiger partial charge in [0.2, 0.25) is 15.9 Å². The van der Waals surface area contributed by atoms with Crippen molar-refractivity contribution in [2.75, 3.05) is 41.0 Å². The third kappa shape index (κ3) is 4.72. The molecule has 0 N–H and O–H groups in total. The summed E-state index contributed by atoms with van der Waals surface area (Å²) in [6, 6.07) is 12.6. The fraction of sp³-hybridized carbons (Fsp3) is 0.480. The van der Waals surface area contributed by atoms with Gasteiger partial charge in [-0.15, -0.1) is 0 Å². The summed E-state index contributed by atoms with van der Waals surface area (Å²) in [5.74, 6) is 1.59. The molecule has 2 aromatic carbocycles. The van der Waals surface area contributed by atoms with Gasteiger partial charge in [-0.05, 0) is 55.5 Å². The molecule has 2 saturated heterocycles. The number of amides is 1. The predicted molar refractivity (Wildman–Crippen MR) is 128 cm³/mol. The molecule has 0 unspecified atom stereocenters. The topological polar surface area (TPSA) is 85.4 Å². The van der Waals surface area contributed by atoms with E-state index < -0.39 is 10.0 Å². The smallest absolute Gasteiger partial charge is 0.243 e. The van der Waals surface area contributed by atoms with E-state index in [0.29, 0.717) is 37.4 Å². The molecule has 2 heterocycles. The van der Waals surface area contributed by atoms with Crippen LogP contribution in [0.2, 0.25) is 0 Å². The van der Waals surface area contributed by atoms with E-state index in [-0.39, 0.29) is 22.8 Å². The van der Waals surface area contributed by atoms with Crippen molar-refractivity contribution in [3.63, 3.8) is 0 Å². The second-order valence-corrected chi connectivity index (χ2v) is 10.6. The highest BCUT2D eigenvalue weighted by atomic mass is 32.2. The van der Waals surface area contributed by atoms with Crippen molar-refractivity contribution in [3.05, 3.63) is 48.0 Å². The lowest BCUT2D eigenvalue weighted by Crippen LogP contribution is -2.44. The summed E-state index contributed by atoms with van der Waals surface area (Å²) in [7, 11) is 0.932. The summed E-state index contributed by atoms with van der Waals surface area (Å²) in [5.41, 5.74) is 1.11. The van der Waals surface area contributed by atoms with Gasteiger partial charge in [-0.1, -0.05) is 12.1 Å². The SMILES string of the molecule is COc1ccc([C@@H]2CCCN2C(=O)C2CCN(S(=O)(=O)c3ccc(OC)c(OC)c3)CC2)cc1. The quantitative estimate of drug-likeness (QED) is 0.593. The molecular formula is C25H32N2O6S. The predicted octanol–water partition coefficient (Wildman–Crippen LogP) is 3.48. The Labute approximate surface area is 201 Å². The van der Waals surface area contributed by atoms with Crippen LogP contribution in [-0.4, -0.2) is 64.5 Å². The molecule has 184 valence electrons. The van der Waals surface area contributed by atoms with Crippen molar-refractivity contribution in [3.8, 4) is 17.2 Å². The number of hydrogen-bond donors (Lipinski definition) is 0. The molecule has 9 heteroatoms. The summed E-state index contributed by atoms with van der Waals surface area (Å²) >= 11 is 0. The van der Waals surface area contributed by atoms with Gasteiger partial charge in [0.1, 0.15) is 5.75 Å². The zero-order chi connectivity index (χ0) is 24.3. The number of carbonyl (C=O) groups is 1. The van der Waals surface area contributed by atoms with Crippen LogP contribution in [0.5, 0.6) is 17.2 Å². The Hall–Kier alpha value is -2.78. The van der Waals surface area contributed by atoms with E-state index in [1.165, 1.54) is 30.7 Å². The molecule has 8 nitrogen and oxygen atoms in total. The number of carbonyl (C=O) groups excluding carboxylic acids is 1. The van der Waals surface area contributed by atoms with Crippen molar-refractivity contribution in [1.82, 2.24) is 9.21 Å². The second kappa shape index (κ2) is 10.2. The minimum absolute atomic E-state index is 0.0620. The molecule has 0 aromatic heterocycles. The van der Waals surface area contributed by atoms with E-state index in [0.717, 1.165) is 30.7 Å². The maximum absolute atomic E-state index is 13.4. The highest BCUT2D eigenvalue weighted by molar-refractivity contribution is 7.89. The number of sulfonamides is 1. The Morgan fingerprint density at radius 1 is 0.853 bits per heavy atom. The van der Waals surface area contributed by atoms with E-state index in [1.807, 2.05) is 29.2 Å². The number of hydrogen-bond acceptors (Lipinski definition) is 6. The molecule has 0 spiro atoms. The molecule has 4 rings (SSSR count). The summed E-state index contributed by atoms with van der Waals surface area (Å²) in [6.45, 7) is 1.36. The molecular weight excluding hydrogens is 456 g/mol. The molecule has 34 heavy (non-hydrogen) atoms. The first-order chi connectivity index (χ1) is 16.4. The van der Waals surface area contributed by atoms with E-state index in [2.05, 4.69) is 0 Å². The lowest BCUT2D eigenvalue weighted by atomic mass is 9.95. The van der Waals surface area contributed by atoms with E-state index in [1.54, 1.807) is 13.2 Å². The van der Waals surface area contributed by atoms with Crippen molar-refractivity contribution in [1.29, 1.82) is 0 Å². The lowest BCUT2D eigenvalue weighted by molar-refractivity contribution is -0.137. The van der Waals surface area contributed by atoms with Gasteiger partial charge < -0.3 is 19.1 Å². The van der Waals surface area contributed by atoms with Crippen LogP contribution in [0.1, 0.15) is 37.3 Å². The fourth-order valence-electron chi connectivity index (χ4n) is 4.91. The maximum Gasteiger partial charge on any atom is 0.243 e. The Kier molecular flexibility index (Phi) is 7.33. The van der Waals surface area contributed by atoms with E-state index >= 15 is 0 Å². The van der Waals surface area contributed by atoms with Gasteiger partial charge in [-0.3, -0.25) is 4.79 Å². The number of rotatable bonds is 7. The minimum Gasteiger partial charge on any atom is -0.497 e. The van der Waals surface area contributed by atoms with Crippen molar-refractivity contribution in [2.45, 2.75) is 36.6 Å². The molecule has 2 aliphatic heterocycles. The van der Waals surface area contributed by atoms with Crippen LogP contribution in [0.4, 0.5) is 0 Å². The van der Waals surface area contributed by atoms with Crippen LogP contribution in [0.25, 0.3) is 0 Å². The zero-order valence-electron chi connectivity index (χ0n) is 19.9. The molecule has 0 bridgehead atoms. The molecule has 1 amide bonds. The van der Waals surface area contributed by atoms with Gasteiger partial charge in [0.25, 0.3) is 0 Å². The number of likely N-dealkylation sites (tertiary alicyclic amines) is 1. The summed E-state index contributed by atoms with van der Waals surface area (Å²) in [6.07, 6.45) is 2.92. The summed E-state index contributed by atoms with van der Waals surface area (Å²) < 4.78 is 43.6. The molecule has 2 fully saturated rings. The largest absolute Gasteiger partial charge is 0.497 e. The van der Waals surface area contributed by atoms with Crippen molar-refractivity contribution >= 4 is 15.9 Å². The van der Waals surface area contributed by atoms with Gasteiger partial charge in [-0.2, -0.15) is 4.31 Å². The van der Waals surface area contributed by atoms with E-state index in [9.17, 15) is 13.2 Å². The first kappa shape index (κ1) is 24.3. The van der Waals surface area contributed by atoms with Crippen LogP contribution in [-0.2, 0) is 14.8 Å². The fourth-order valence-corrected chi connectivity index (χ4v) is 6.39. The van der Waals surface area contributed by atoms with Crippen LogP contribution < -0.4 is 14.2 Å². The Balaban J connectivity index is 1.42. The van der Waals surface area contributed by atoms with Gasteiger partial charge in [-0.25, -0.2) is 8.42 Å². The molecule has 0 aliphatic carbocycles. The number of ether oxygens (including phenoxy) is 3. The summed E-state index contributed by atoms with van der Waals surface area (Å²) in [4.78, 5) is 15.5. The average molecular weight is 489 g/mol. The Morgan fingerprint density at radius 3 is 2.15 bits per heavy atom.